The zero-order chi connectivity index (χ0) is 6.69. The highest BCUT2D eigenvalue weighted by Crippen LogP contribution is 1.82. The lowest BCUT2D eigenvalue weighted by atomic mass is 11.0. The molecule has 0 fully saturated rings. The fourth-order valence-electron chi connectivity index (χ4n) is 0.426. The van der Waals surface area contributed by atoms with Gasteiger partial charge in [-0.1, -0.05) is 0 Å². The van der Waals surface area contributed by atoms with Crippen LogP contribution in [0, 0.1) is 0 Å². The molecule has 0 unspecified atom stereocenters. The molecular formula is C3H6N4OSi. The van der Waals surface area contributed by atoms with Gasteiger partial charge in [0.15, 0.2) is 0 Å². The van der Waals surface area contributed by atoms with Crippen LogP contribution in [0.1, 0.15) is 0 Å². The molecule has 0 amide bonds. The highest BCUT2D eigenvalue weighted by Gasteiger charge is 1.87. The van der Waals surface area contributed by atoms with Crippen LogP contribution in [-0.4, -0.2) is 25.4 Å². The van der Waals surface area contributed by atoms with Crippen molar-refractivity contribution in [3.63, 3.8) is 0 Å². The van der Waals surface area contributed by atoms with Crippen molar-refractivity contribution in [2.75, 3.05) is 4.98 Å². The lowest BCUT2D eigenvalue weighted by molar-refractivity contribution is 0.999. The predicted octanol–water partition coefficient (Wildman–Crippen LogP) is -2.14. The first-order valence-electron chi connectivity index (χ1n) is 2.42. The fourth-order valence-corrected chi connectivity index (χ4v) is 0.667. The van der Waals surface area contributed by atoms with Gasteiger partial charge in [0, 0.05) is 0 Å². The average molecular weight is 142 g/mol. The van der Waals surface area contributed by atoms with Crippen LogP contribution >= 0.6 is 0 Å². The summed E-state index contributed by atoms with van der Waals surface area (Å²) in [7, 11) is 0.747. The second-order valence-corrected chi connectivity index (χ2v) is 1.89. The molecule has 0 saturated carbocycles. The number of aromatic nitrogens is 3. The molecule has 2 N–H and O–H groups in total. The summed E-state index contributed by atoms with van der Waals surface area (Å²) in [6.45, 7) is 0. The molecule has 48 valence electrons. The van der Waals surface area contributed by atoms with Gasteiger partial charge < -0.3 is 4.98 Å². The standard InChI is InChI=1S/C3H6N4OSi/c8-3-5-1-4-2(6-3)7-9/h1H,9H3,(H2,4,5,6,7,8). The van der Waals surface area contributed by atoms with Crippen molar-refractivity contribution in [1.82, 2.24) is 15.0 Å². The summed E-state index contributed by atoms with van der Waals surface area (Å²) in [6.07, 6.45) is 1.32. The third-order valence-corrected chi connectivity index (χ3v) is 1.25. The van der Waals surface area contributed by atoms with E-state index < -0.39 is 0 Å². The maximum atomic E-state index is 10.4. The maximum Gasteiger partial charge on any atom is 0.349 e. The van der Waals surface area contributed by atoms with Gasteiger partial charge in [-0.2, -0.15) is 4.98 Å². The number of aromatic amines is 1. The Labute approximate surface area is 54.1 Å². The molecule has 0 aromatic carbocycles. The Balaban J connectivity index is 3.08. The summed E-state index contributed by atoms with van der Waals surface area (Å²) in [5.74, 6) is 0.394. The van der Waals surface area contributed by atoms with Crippen LogP contribution in [0.4, 0.5) is 5.95 Å². The van der Waals surface area contributed by atoms with Gasteiger partial charge in [-0.25, -0.2) is 9.78 Å². The van der Waals surface area contributed by atoms with Gasteiger partial charge in [0.05, 0.1) is 0 Å². The normalized spacial score (nSPS) is 9.33. The molecule has 0 radical (unpaired) electrons. The second-order valence-electron chi connectivity index (χ2n) is 1.39. The number of hydrogen-bond acceptors (Lipinski definition) is 4. The Hall–Kier alpha value is -1.17. The van der Waals surface area contributed by atoms with Crippen LogP contribution in [0.2, 0.25) is 0 Å². The molecule has 1 rings (SSSR count). The molecule has 0 spiro atoms. The number of anilines is 1. The molecule has 9 heavy (non-hydrogen) atoms. The van der Waals surface area contributed by atoms with Crippen molar-refractivity contribution in [3.8, 4) is 0 Å². The number of rotatable bonds is 1. The van der Waals surface area contributed by atoms with Crippen LogP contribution < -0.4 is 10.7 Å². The minimum Gasteiger partial charge on any atom is -0.389 e. The SMILES string of the molecule is O=c1nc(N[SiH3])nc[nH]1. The largest absolute Gasteiger partial charge is 0.389 e. The van der Waals surface area contributed by atoms with E-state index in [0.717, 1.165) is 10.4 Å². The quantitative estimate of drug-likeness (QED) is 0.439. The Morgan fingerprint density at radius 3 is 3.00 bits per heavy atom. The number of nitrogens with zero attached hydrogens (tertiary/aromatic N) is 2. The lowest BCUT2D eigenvalue weighted by Gasteiger charge is -1.91. The third-order valence-electron chi connectivity index (χ3n) is 0.806. The number of nitrogens with one attached hydrogen (secondary N) is 2. The zero-order valence-electron chi connectivity index (χ0n) is 4.88. The van der Waals surface area contributed by atoms with Crippen molar-refractivity contribution >= 4 is 16.4 Å². The molecule has 1 aromatic heterocycles. The van der Waals surface area contributed by atoms with Crippen molar-refractivity contribution in [3.05, 3.63) is 16.8 Å². The van der Waals surface area contributed by atoms with E-state index >= 15 is 0 Å². The highest BCUT2D eigenvalue weighted by molar-refractivity contribution is 6.15. The van der Waals surface area contributed by atoms with E-state index in [1.54, 1.807) is 0 Å². The Morgan fingerprint density at radius 2 is 2.56 bits per heavy atom. The molecular weight excluding hydrogens is 136 g/mol. The summed E-state index contributed by atoms with van der Waals surface area (Å²) in [6, 6.07) is 0. The molecule has 0 atom stereocenters. The molecule has 0 bridgehead atoms. The molecule has 5 nitrogen and oxygen atoms in total. The molecule has 1 heterocycles. The smallest absolute Gasteiger partial charge is 0.349 e. The average Bonchev–Trinajstić information content (AvgIpc) is 1.88. The topological polar surface area (TPSA) is 70.7 Å². The van der Waals surface area contributed by atoms with Crippen LogP contribution in [0.5, 0.6) is 0 Å². The summed E-state index contributed by atoms with van der Waals surface area (Å²) >= 11 is 0. The van der Waals surface area contributed by atoms with Gasteiger partial charge in [0.25, 0.3) is 0 Å². The summed E-state index contributed by atoms with van der Waals surface area (Å²) in [5, 5.41) is 0. The van der Waals surface area contributed by atoms with Gasteiger partial charge in [0.1, 0.15) is 16.7 Å². The summed E-state index contributed by atoms with van der Waals surface area (Å²) < 4.78 is 0. The first kappa shape index (κ1) is 5.95. The first-order valence-corrected chi connectivity index (χ1v) is 3.42. The lowest BCUT2D eigenvalue weighted by Crippen LogP contribution is -2.13. The van der Waals surface area contributed by atoms with Crippen molar-refractivity contribution in [2.24, 2.45) is 0 Å². The van der Waals surface area contributed by atoms with Gasteiger partial charge in [-0.15, -0.1) is 0 Å². The summed E-state index contributed by atoms with van der Waals surface area (Å²) in [4.78, 5) is 22.7. The Morgan fingerprint density at radius 1 is 1.78 bits per heavy atom. The Bertz CT molecular complexity index is 246. The van der Waals surface area contributed by atoms with E-state index in [1.165, 1.54) is 6.33 Å². The van der Waals surface area contributed by atoms with E-state index in [0.29, 0.717) is 5.95 Å². The van der Waals surface area contributed by atoms with Crippen molar-refractivity contribution in [1.29, 1.82) is 0 Å². The van der Waals surface area contributed by atoms with Crippen LogP contribution in [-0.2, 0) is 0 Å². The van der Waals surface area contributed by atoms with E-state index in [-0.39, 0.29) is 5.69 Å². The van der Waals surface area contributed by atoms with Gasteiger partial charge >= 0.3 is 5.69 Å². The molecule has 0 aliphatic heterocycles. The fraction of sp³-hybridized carbons (Fsp3) is 0. The molecule has 0 saturated heterocycles. The van der Waals surface area contributed by atoms with Crippen LogP contribution in [0.15, 0.2) is 11.1 Å². The summed E-state index contributed by atoms with van der Waals surface area (Å²) in [5.41, 5.74) is -0.372. The predicted molar refractivity (Wildman–Crippen MR) is 36.2 cm³/mol. The van der Waals surface area contributed by atoms with E-state index in [4.69, 9.17) is 0 Å². The van der Waals surface area contributed by atoms with E-state index in [9.17, 15) is 4.79 Å². The molecule has 6 heteroatoms. The van der Waals surface area contributed by atoms with E-state index in [1.807, 2.05) is 0 Å². The number of H-pyrrole nitrogens is 1. The van der Waals surface area contributed by atoms with Crippen LogP contribution in [0.25, 0.3) is 0 Å². The highest BCUT2D eigenvalue weighted by atomic mass is 28.2. The minimum absolute atomic E-state index is 0.372. The zero-order valence-corrected chi connectivity index (χ0v) is 6.88. The van der Waals surface area contributed by atoms with Gasteiger partial charge in [-0.05, 0) is 0 Å². The van der Waals surface area contributed by atoms with Gasteiger partial charge in [-0.3, -0.25) is 4.98 Å². The molecule has 0 aliphatic carbocycles. The number of hydrogen-bond donors (Lipinski definition) is 2. The van der Waals surface area contributed by atoms with Crippen molar-refractivity contribution < 1.29 is 0 Å². The van der Waals surface area contributed by atoms with Crippen LogP contribution in [0.3, 0.4) is 0 Å². The molecule has 1 aromatic rings. The molecule has 0 aliphatic rings. The monoisotopic (exact) mass is 142 g/mol. The third kappa shape index (κ3) is 1.36. The van der Waals surface area contributed by atoms with E-state index in [2.05, 4.69) is 19.9 Å². The van der Waals surface area contributed by atoms with Gasteiger partial charge in [0.2, 0.25) is 5.95 Å². The minimum atomic E-state index is -0.372. The van der Waals surface area contributed by atoms with Crippen molar-refractivity contribution in [2.45, 2.75) is 0 Å². The second kappa shape index (κ2) is 2.40. The first-order chi connectivity index (χ1) is 4.33. The maximum absolute atomic E-state index is 10.4. The Kier molecular flexibility index (Phi) is 1.59.